The number of carbonyl (C=O) groups is 2. The highest BCUT2D eigenvalue weighted by atomic mass is 19.1. The molecule has 6 nitrogen and oxygen atoms in total. The molecule has 0 radical (unpaired) electrons. The highest BCUT2D eigenvalue weighted by Crippen LogP contribution is 2.23. The topological polar surface area (TPSA) is 55.5 Å². The van der Waals surface area contributed by atoms with Crippen molar-refractivity contribution >= 4 is 17.5 Å². The van der Waals surface area contributed by atoms with E-state index in [0.29, 0.717) is 5.69 Å². The molecule has 0 spiro atoms. The molecule has 3 aliphatic rings. The van der Waals surface area contributed by atoms with Crippen LogP contribution >= 0.6 is 0 Å². The number of ether oxygens (including phenoxy) is 1. The first-order chi connectivity index (χ1) is 13.6. The van der Waals surface area contributed by atoms with Gasteiger partial charge in [0.1, 0.15) is 18.9 Å². The second-order valence-corrected chi connectivity index (χ2v) is 8.30. The summed E-state index contributed by atoms with van der Waals surface area (Å²) in [7, 11) is 0. The quantitative estimate of drug-likeness (QED) is 0.637. The molecule has 2 N–H and O–H groups in total. The fourth-order valence-corrected chi connectivity index (χ4v) is 4.82. The highest BCUT2D eigenvalue weighted by Gasteiger charge is 2.46. The first-order valence-corrected chi connectivity index (χ1v) is 10.5. The van der Waals surface area contributed by atoms with Crippen LogP contribution in [0.15, 0.2) is 24.3 Å². The van der Waals surface area contributed by atoms with Gasteiger partial charge < -0.3 is 14.5 Å². The molecule has 3 heterocycles. The van der Waals surface area contributed by atoms with Gasteiger partial charge in [-0.05, 0) is 49.4 Å². The number of benzene rings is 1. The Bertz CT molecular complexity index is 697. The van der Waals surface area contributed by atoms with E-state index in [4.69, 9.17) is 4.74 Å². The van der Waals surface area contributed by atoms with Gasteiger partial charge in [-0.3, -0.25) is 9.59 Å². The number of nitrogens with zero attached hydrogens (tertiary/aromatic N) is 1. The normalized spacial score (nSPS) is 29.5. The lowest BCUT2D eigenvalue weighted by Crippen LogP contribution is -3.17. The molecule has 0 bridgehead atoms. The van der Waals surface area contributed by atoms with Gasteiger partial charge in [0, 0.05) is 0 Å². The van der Waals surface area contributed by atoms with Gasteiger partial charge in [-0.15, -0.1) is 0 Å². The minimum Gasteiger partial charge on any atom is -0.370 e. The number of hydrogen-bond donors (Lipinski definition) is 2. The summed E-state index contributed by atoms with van der Waals surface area (Å²) in [5.74, 6) is 0.0421. The summed E-state index contributed by atoms with van der Waals surface area (Å²) >= 11 is 0. The third kappa shape index (κ3) is 4.26. The van der Waals surface area contributed by atoms with E-state index in [0.717, 1.165) is 58.2 Å². The van der Waals surface area contributed by atoms with Crippen molar-refractivity contribution in [3.05, 3.63) is 30.1 Å². The molecular formula is C21H30FN3O3+2. The predicted molar refractivity (Wildman–Crippen MR) is 102 cm³/mol. The molecule has 3 saturated heterocycles. The number of nitrogens with one attached hydrogen (secondary N) is 2. The molecule has 0 aliphatic carbocycles. The number of hydrogen-bond acceptors (Lipinski definition) is 3. The summed E-state index contributed by atoms with van der Waals surface area (Å²) in [6, 6.07) is 5.30. The van der Waals surface area contributed by atoms with Crippen LogP contribution in [0, 0.1) is 11.7 Å². The number of anilines is 1. The van der Waals surface area contributed by atoms with Crippen LogP contribution in [0.25, 0.3) is 0 Å². The predicted octanol–water partition coefficient (Wildman–Crippen LogP) is -0.942. The largest absolute Gasteiger partial charge is 0.370 e. The van der Waals surface area contributed by atoms with Gasteiger partial charge in [-0.1, -0.05) is 0 Å². The van der Waals surface area contributed by atoms with Crippen LogP contribution < -0.4 is 14.7 Å². The molecule has 28 heavy (non-hydrogen) atoms. The smallest absolute Gasteiger partial charge is 0.292 e. The van der Waals surface area contributed by atoms with Crippen LogP contribution in [0.4, 0.5) is 10.1 Å². The van der Waals surface area contributed by atoms with Crippen LogP contribution in [0.2, 0.25) is 0 Å². The monoisotopic (exact) mass is 391 g/mol. The van der Waals surface area contributed by atoms with Gasteiger partial charge in [0.25, 0.3) is 5.91 Å². The zero-order valence-corrected chi connectivity index (χ0v) is 16.3. The second kappa shape index (κ2) is 8.68. The zero-order valence-electron chi connectivity index (χ0n) is 16.3. The summed E-state index contributed by atoms with van der Waals surface area (Å²) in [5.41, 5.74) is 0.474. The number of morpholine rings is 1. The average Bonchev–Trinajstić information content (AvgIpc) is 3.02. The van der Waals surface area contributed by atoms with Crippen molar-refractivity contribution in [2.75, 3.05) is 50.8 Å². The van der Waals surface area contributed by atoms with Crippen molar-refractivity contribution < 1.29 is 28.5 Å². The van der Waals surface area contributed by atoms with E-state index in [2.05, 4.69) is 0 Å². The lowest BCUT2D eigenvalue weighted by Gasteiger charge is -2.33. The lowest BCUT2D eigenvalue weighted by atomic mass is 9.92. The number of halogens is 1. The molecule has 0 unspecified atom stereocenters. The molecule has 2 amide bonds. The Kier molecular flexibility index (Phi) is 6.04. The Balaban J connectivity index is 1.29. The SMILES string of the molecule is O=C1C[C@@H]([NH+]2CCC(CC[NH+]3CCOCC3)CC2)C(=O)N1c1ccc(F)cc1. The number of amides is 2. The van der Waals surface area contributed by atoms with E-state index in [-0.39, 0.29) is 30.1 Å². The Morgan fingerprint density at radius 1 is 1.04 bits per heavy atom. The molecule has 152 valence electrons. The minimum absolute atomic E-state index is 0.136. The summed E-state index contributed by atoms with van der Waals surface area (Å²) < 4.78 is 18.6. The summed E-state index contributed by atoms with van der Waals surface area (Å²) in [6.07, 6.45) is 3.73. The maximum Gasteiger partial charge on any atom is 0.292 e. The molecule has 7 heteroatoms. The molecule has 1 aromatic carbocycles. The van der Waals surface area contributed by atoms with Crippen LogP contribution in [0.1, 0.15) is 25.7 Å². The van der Waals surface area contributed by atoms with Crippen LogP contribution in [-0.2, 0) is 14.3 Å². The number of carbonyl (C=O) groups excluding carboxylic acids is 2. The second-order valence-electron chi connectivity index (χ2n) is 8.30. The third-order valence-electron chi connectivity index (χ3n) is 6.58. The van der Waals surface area contributed by atoms with Gasteiger partial charge in [0.2, 0.25) is 5.91 Å². The van der Waals surface area contributed by atoms with Gasteiger partial charge in [0.15, 0.2) is 6.04 Å². The number of imide groups is 1. The third-order valence-corrected chi connectivity index (χ3v) is 6.58. The number of likely N-dealkylation sites (tertiary alicyclic amines) is 1. The van der Waals surface area contributed by atoms with Gasteiger partial charge in [0.05, 0.1) is 45.0 Å². The standard InChI is InChI=1S/C21H28FN3O3/c22-17-1-3-18(4-2-17)25-20(26)15-19(21(25)27)24-9-6-16(7-10-24)5-8-23-11-13-28-14-12-23/h1-4,16,19H,5-15H2/p+2/t19-/m1/s1. The average molecular weight is 391 g/mol. The van der Waals surface area contributed by atoms with Gasteiger partial charge in [-0.25, -0.2) is 9.29 Å². The first kappa shape index (κ1) is 19.5. The van der Waals surface area contributed by atoms with Crippen molar-refractivity contribution in [3.63, 3.8) is 0 Å². The number of quaternary nitrogens is 2. The molecule has 3 aliphatic heterocycles. The molecule has 0 saturated carbocycles. The van der Waals surface area contributed by atoms with Crippen molar-refractivity contribution in [1.29, 1.82) is 0 Å². The molecule has 1 aromatic rings. The van der Waals surface area contributed by atoms with Crippen molar-refractivity contribution in [3.8, 4) is 0 Å². The van der Waals surface area contributed by atoms with E-state index >= 15 is 0 Å². The lowest BCUT2D eigenvalue weighted by molar-refractivity contribution is -0.922. The highest BCUT2D eigenvalue weighted by molar-refractivity contribution is 6.21. The summed E-state index contributed by atoms with van der Waals surface area (Å²) in [6.45, 7) is 7.08. The minimum atomic E-state index is -0.369. The Labute approximate surface area is 165 Å². The Morgan fingerprint density at radius 2 is 1.71 bits per heavy atom. The Hall–Kier alpha value is -1.83. The zero-order chi connectivity index (χ0) is 19.5. The maximum absolute atomic E-state index is 13.2. The molecule has 4 rings (SSSR count). The fourth-order valence-electron chi connectivity index (χ4n) is 4.82. The van der Waals surface area contributed by atoms with E-state index in [1.54, 1.807) is 4.90 Å². The molecule has 1 atom stereocenters. The van der Waals surface area contributed by atoms with Gasteiger partial charge >= 0.3 is 0 Å². The molecular weight excluding hydrogens is 361 g/mol. The van der Waals surface area contributed by atoms with Crippen molar-refractivity contribution in [1.82, 2.24) is 0 Å². The van der Waals surface area contributed by atoms with E-state index < -0.39 is 0 Å². The van der Waals surface area contributed by atoms with E-state index in [1.165, 1.54) is 47.0 Å². The molecule has 0 aromatic heterocycles. The van der Waals surface area contributed by atoms with E-state index in [9.17, 15) is 14.0 Å². The fraction of sp³-hybridized carbons (Fsp3) is 0.619. The van der Waals surface area contributed by atoms with Crippen molar-refractivity contribution in [2.24, 2.45) is 5.92 Å². The Morgan fingerprint density at radius 3 is 2.39 bits per heavy atom. The summed E-state index contributed by atoms with van der Waals surface area (Å²) in [4.78, 5) is 29.5. The van der Waals surface area contributed by atoms with Crippen molar-refractivity contribution in [2.45, 2.75) is 31.7 Å². The number of rotatable bonds is 5. The molecule has 3 fully saturated rings. The van der Waals surface area contributed by atoms with E-state index in [1.807, 2.05) is 0 Å². The van der Waals surface area contributed by atoms with Crippen LogP contribution in [0.5, 0.6) is 0 Å². The van der Waals surface area contributed by atoms with Crippen LogP contribution in [0.3, 0.4) is 0 Å². The maximum atomic E-state index is 13.2. The van der Waals surface area contributed by atoms with Gasteiger partial charge in [-0.2, -0.15) is 0 Å². The number of piperidine rings is 1. The first-order valence-electron chi connectivity index (χ1n) is 10.5. The summed E-state index contributed by atoms with van der Waals surface area (Å²) in [5, 5.41) is 0. The van der Waals surface area contributed by atoms with Crippen LogP contribution in [-0.4, -0.2) is 63.8 Å².